The van der Waals surface area contributed by atoms with E-state index in [1.807, 2.05) is 6.26 Å². The van der Waals surface area contributed by atoms with Gasteiger partial charge in [0.15, 0.2) is 5.69 Å². The number of aromatic nitrogens is 1. The molecule has 0 saturated carbocycles. The Morgan fingerprint density at radius 2 is 2.16 bits per heavy atom. The van der Waals surface area contributed by atoms with E-state index in [2.05, 4.69) is 5.16 Å². The van der Waals surface area contributed by atoms with Crippen LogP contribution in [0.1, 0.15) is 29.1 Å². The standard InChI is InChI=1S/C12H17N3O3S/c1-9-8-10(13-18-9)12(17)15-6-3-5-14(15)11(16)4-7-19-2/h8H,3-7H2,1-2H3. The third-order valence-electron chi connectivity index (χ3n) is 2.92. The van der Waals surface area contributed by atoms with Gasteiger partial charge in [-0.1, -0.05) is 5.16 Å². The van der Waals surface area contributed by atoms with Gasteiger partial charge in [-0.25, -0.2) is 5.01 Å². The van der Waals surface area contributed by atoms with Crippen molar-refractivity contribution in [2.75, 3.05) is 25.1 Å². The maximum absolute atomic E-state index is 12.3. The van der Waals surface area contributed by atoms with Crippen LogP contribution in [0.3, 0.4) is 0 Å². The van der Waals surface area contributed by atoms with E-state index in [4.69, 9.17) is 4.52 Å². The molecule has 2 rings (SSSR count). The number of aryl methyl sites for hydroxylation is 1. The summed E-state index contributed by atoms with van der Waals surface area (Å²) in [6.07, 6.45) is 3.20. The SMILES string of the molecule is CSCCC(=O)N1CCCN1C(=O)c1cc(C)on1. The summed E-state index contributed by atoms with van der Waals surface area (Å²) in [7, 11) is 0. The van der Waals surface area contributed by atoms with Crippen LogP contribution < -0.4 is 0 Å². The Bertz CT molecular complexity index is 475. The van der Waals surface area contributed by atoms with Gasteiger partial charge in [0.05, 0.1) is 0 Å². The van der Waals surface area contributed by atoms with Gasteiger partial charge in [0, 0.05) is 31.3 Å². The molecule has 1 aromatic rings. The summed E-state index contributed by atoms with van der Waals surface area (Å²) in [6, 6.07) is 1.59. The van der Waals surface area contributed by atoms with Crippen molar-refractivity contribution in [3.8, 4) is 0 Å². The Kier molecular flexibility index (Phi) is 4.47. The minimum atomic E-state index is -0.271. The highest BCUT2D eigenvalue weighted by Gasteiger charge is 2.32. The molecule has 0 aliphatic carbocycles. The molecular formula is C12H17N3O3S. The van der Waals surface area contributed by atoms with Crippen LogP contribution in [0.5, 0.6) is 0 Å². The molecule has 1 aliphatic heterocycles. The molecule has 7 heteroatoms. The number of nitrogens with zero attached hydrogens (tertiary/aromatic N) is 3. The highest BCUT2D eigenvalue weighted by Crippen LogP contribution is 2.16. The van der Waals surface area contributed by atoms with Crippen molar-refractivity contribution in [3.05, 3.63) is 17.5 Å². The van der Waals surface area contributed by atoms with Crippen LogP contribution in [-0.4, -0.2) is 52.1 Å². The fraction of sp³-hybridized carbons (Fsp3) is 0.583. The monoisotopic (exact) mass is 283 g/mol. The maximum atomic E-state index is 12.3. The van der Waals surface area contributed by atoms with Gasteiger partial charge in [-0.15, -0.1) is 0 Å². The van der Waals surface area contributed by atoms with Crippen molar-refractivity contribution in [3.63, 3.8) is 0 Å². The molecule has 0 atom stereocenters. The first-order valence-corrected chi connectivity index (χ1v) is 7.57. The van der Waals surface area contributed by atoms with E-state index in [0.717, 1.165) is 12.2 Å². The highest BCUT2D eigenvalue weighted by molar-refractivity contribution is 7.98. The molecule has 0 unspecified atom stereocenters. The van der Waals surface area contributed by atoms with Gasteiger partial charge in [-0.2, -0.15) is 11.8 Å². The Hall–Kier alpha value is -1.50. The number of hydrogen-bond donors (Lipinski definition) is 0. The van der Waals surface area contributed by atoms with Crippen LogP contribution in [-0.2, 0) is 4.79 Å². The molecule has 0 bridgehead atoms. The fourth-order valence-electron chi connectivity index (χ4n) is 2.00. The van der Waals surface area contributed by atoms with E-state index in [1.165, 1.54) is 10.0 Å². The lowest BCUT2D eigenvalue weighted by Crippen LogP contribution is -2.45. The first kappa shape index (κ1) is 13.9. The van der Waals surface area contributed by atoms with Crippen LogP contribution in [0.4, 0.5) is 0 Å². The third-order valence-corrected chi connectivity index (χ3v) is 3.53. The normalized spacial score (nSPS) is 15.1. The van der Waals surface area contributed by atoms with Crippen LogP contribution in [0, 0.1) is 6.92 Å². The lowest BCUT2D eigenvalue weighted by atomic mass is 10.3. The van der Waals surface area contributed by atoms with Gasteiger partial charge in [0.2, 0.25) is 5.91 Å². The van der Waals surface area contributed by atoms with Gasteiger partial charge in [-0.3, -0.25) is 14.6 Å². The van der Waals surface area contributed by atoms with Crippen LogP contribution in [0.2, 0.25) is 0 Å². The van der Waals surface area contributed by atoms with Crippen molar-refractivity contribution in [1.82, 2.24) is 15.2 Å². The average Bonchev–Trinajstić information content (AvgIpc) is 3.03. The molecule has 6 nitrogen and oxygen atoms in total. The Balaban J connectivity index is 2.06. The summed E-state index contributed by atoms with van der Waals surface area (Å²) in [5.74, 6) is 1.07. The summed E-state index contributed by atoms with van der Waals surface area (Å²) in [5, 5.41) is 6.71. The van der Waals surface area contributed by atoms with Crippen molar-refractivity contribution in [2.24, 2.45) is 0 Å². The molecule has 2 amide bonds. The fourth-order valence-corrected chi connectivity index (χ4v) is 2.38. The van der Waals surface area contributed by atoms with E-state index in [-0.39, 0.29) is 17.5 Å². The number of hydrogen-bond acceptors (Lipinski definition) is 5. The minimum Gasteiger partial charge on any atom is -0.361 e. The minimum absolute atomic E-state index is 0.0135. The molecule has 19 heavy (non-hydrogen) atoms. The Morgan fingerprint density at radius 1 is 1.42 bits per heavy atom. The lowest BCUT2D eigenvalue weighted by Gasteiger charge is -2.27. The molecule has 104 valence electrons. The summed E-state index contributed by atoms with van der Waals surface area (Å²) >= 11 is 1.62. The molecule has 1 aromatic heterocycles. The second-order valence-electron chi connectivity index (χ2n) is 4.36. The molecule has 0 N–H and O–H groups in total. The second-order valence-corrected chi connectivity index (χ2v) is 5.35. The second kappa shape index (κ2) is 6.10. The first-order chi connectivity index (χ1) is 9.13. The van der Waals surface area contributed by atoms with Gasteiger partial charge in [0.1, 0.15) is 5.76 Å². The van der Waals surface area contributed by atoms with E-state index in [1.54, 1.807) is 24.8 Å². The summed E-state index contributed by atoms with van der Waals surface area (Å²) in [6.45, 7) is 2.88. The molecule has 0 aromatic carbocycles. The number of thioether (sulfide) groups is 1. The predicted octanol–water partition coefficient (Wildman–Crippen LogP) is 1.33. The van der Waals surface area contributed by atoms with E-state index in [0.29, 0.717) is 25.3 Å². The Labute approximate surface area is 116 Å². The van der Waals surface area contributed by atoms with Crippen molar-refractivity contribution < 1.29 is 14.1 Å². The lowest BCUT2D eigenvalue weighted by molar-refractivity contribution is -0.140. The van der Waals surface area contributed by atoms with Gasteiger partial charge < -0.3 is 4.52 Å². The van der Waals surface area contributed by atoms with Gasteiger partial charge in [0.25, 0.3) is 5.91 Å². The van der Waals surface area contributed by atoms with Crippen LogP contribution >= 0.6 is 11.8 Å². The molecule has 0 spiro atoms. The van der Waals surface area contributed by atoms with Crippen molar-refractivity contribution >= 4 is 23.6 Å². The third kappa shape index (κ3) is 3.09. The predicted molar refractivity (Wildman–Crippen MR) is 71.6 cm³/mol. The number of hydrazine groups is 1. The molecule has 0 radical (unpaired) electrons. The van der Waals surface area contributed by atoms with Crippen LogP contribution in [0.15, 0.2) is 10.6 Å². The molecule has 1 aliphatic rings. The van der Waals surface area contributed by atoms with Gasteiger partial charge in [-0.05, 0) is 19.6 Å². The summed E-state index contributed by atoms with van der Waals surface area (Å²) < 4.78 is 4.90. The zero-order chi connectivity index (χ0) is 13.8. The van der Waals surface area contributed by atoms with E-state index >= 15 is 0 Å². The smallest absolute Gasteiger partial charge is 0.294 e. The van der Waals surface area contributed by atoms with E-state index < -0.39 is 0 Å². The zero-order valence-corrected chi connectivity index (χ0v) is 11.9. The molecule has 1 saturated heterocycles. The summed E-state index contributed by atoms with van der Waals surface area (Å²) in [4.78, 5) is 24.3. The van der Waals surface area contributed by atoms with E-state index in [9.17, 15) is 9.59 Å². The number of rotatable bonds is 4. The molecule has 2 heterocycles. The number of amides is 2. The van der Waals surface area contributed by atoms with Crippen LogP contribution in [0.25, 0.3) is 0 Å². The van der Waals surface area contributed by atoms with Crippen molar-refractivity contribution in [1.29, 1.82) is 0 Å². The largest absolute Gasteiger partial charge is 0.361 e. The molecular weight excluding hydrogens is 266 g/mol. The highest BCUT2D eigenvalue weighted by atomic mass is 32.2. The average molecular weight is 283 g/mol. The maximum Gasteiger partial charge on any atom is 0.294 e. The quantitative estimate of drug-likeness (QED) is 0.834. The summed E-state index contributed by atoms with van der Waals surface area (Å²) in [5.41, 5.74) is 0.252. The van der Waals surface area contributed by atoms with Gasteiger partial charge >= 0.3 is 0 Å². The zero-order valence-electron chi connectivity index (χ0n) is 11.1. The first-order valence-electron chi connectivity index (χ1n) is 6.18. The number of carbonyl (C=O) groups excluding carboxylic acids is 2. The Morgan fingerprint density at radius 3 is 2.79 bits per heavy atom. The molecule has 1 fully saturated rings. The topological polar surface area (TPSA) is 66.7 Å². The number of carbonyl (C=O) groups is 2. The van der Waals surface area contributed by atoms with Crippen molar-refractivity contribution in [2.45, 2.75) is 19.8 Å².